The molecule has 176 valence electrons. The maximum absolute atomic E-state index is 14.1. The Labute approximate surface area is 202 Å². The summed E-state index contributed by atoms with van der Waals surface area (Å²) in [6.07, 6.45) is 3.51. The van der Waals surface area contributed by atoms with Gasteiger partial charge in [-0.25, -0.2) is 22.8 Å². The summed E-state index contributed by atoms with van der Waals surface area (Å²) in [7, 11) is -2.04. The molecule has 0 fully saturated rings. The standard InChI is InChI=1S/C26H22FN5O2S/c1-17-3-10-25(22(27)13-17)35(33,34)31-21-7-5-20(6-8-21)30-26-15-23(28-16-29-26)18-4-9-24-19(14-18)11-12-32(24)2/h3-16,31H,1-2H3,(H,28,29,30). The van der Waals surface area contributed by atoms with Crippen molar-refractivity contribution in [1.82, 2.24) is 14.5 Å². The summed E-state index contributed by atoms with van der Waals surface area (Å²) < 4.78 is 43.8. The average Bonchev–Trinajstić information content (AvgIpc) is 3.20. The van der Waals surface area contributed by atoms with E-state index in [1.807, 2.05) is 25.4 Å². The Morgan fingerprint density at radius 1 is 0.886 bits per heavy atom. The van der Waals surface area contributed by atoms with E-state index in [-0.39, 0.29) is 0 Å². The van der Waals surface area contributed by atoms with Gasteiger partial charge in [0.1, 0.15) is 22.9 Å². The van der Waals surface area contributed by atoms with Gasteiger partial charge in [0.15, 0.2) is 0 Å². The van der Waals surface area contributed by atoms with E-state index in [0.717, 1.165) is 22.2 Å². The third-order valence-electron chi connectivity index (χ3n) is 5.63. The van der Waals surface area contributed by atoms with Crippen LogP contribution in [0.25, 0.3) is 22.2 Å². The molecular weight excluding hydrogens is 465 g/mol. The van der Waals surface area contributed by atoms with Gasteiger partial charge < -0.3 is 9.88 Å². The molecule has 0 aliphatic heterocycles. The van der Waals surface area contributed by atoms with Crippen LogP contribution in [-0.2, 0) is 17.1 Å². The number of fused-ring (bicyclic) bond motifs is 1. The van der Waals surface area contributed by atoms with Crippen molar-refractivity contribution < 1.29 is 12.8 Å². The molecular formula is C26H22FN5O2S. The van der Waals surface area contributed by atoms with E-state index in [4.69, 9.17) is 0 Å². The largest absolute Gasteiger partial charge is 0.351 e. The number of hydrogen-bond acceptors (Lipinski definition) is 5. The number of nitrogens with one attached hydrogen (secondary N) is 2. The zero-order chi connectivity index (χ0) is 24.6. The van der Waals surface area contributed by atoms with Crippen LogP contribution >= 0.6 is 0 Å². The fraction of sp³-hybridized carbons (Fsp3) is 0.0769. The van der Waals surface area contributed by atoms with Crippen molar-refractivity contribution in [3.8, 4) is 11.3 Å². The van der Waals surface area contributed by atoms with E-state index >= 15 is 0 Å². The number of sulfonamides is 1. The third-order valence-corrected chi connectivity index (χ3v) is 7.05. The van der Waals surface area contributed by atoms with Gasteiger partial charge in [0.2, 0.25) is 0 Å². The number of aryl methyl sites for hydroxylation is 2. The van der Waals surface area contributed by atoms with Crippen molar-refractivity contribution in [2.24, 2.45) is 7.05 Å². The van der Waals surface area contributed by atoms with Gasteiger partial charge in [-0.1, -0.05) is 12.1 Å². The summed E-state index contributed by atoms with van der Waals surface area (Å²) in [5, 5.41) is 4.33. The summed E-state index contributed by atoms with van der Waals surface area (Å²) >= 11 is 0. The molecule has 0 saturated carbocycles. The van der Waals surface area contributed by atoms with Crippen LogP contribution in [0.1, 0.15) is 5.56 Å². The van der Waals surface area contributed by atoms with Crippen molar-refractivity contribution in [3.05, 3.63) is 96.7 Å². The maximum atomic E-state index is 14.1. The van der Waals surface area contributed by atoms with E-state index in [9.17, 15) is 12.8 Å². The molecule has 2 N–H and O–H groups in total. The van der Waals surface area contributed by atoms with E-state index < -0.39 is 20.7 Å². The van der Waals surface area contributed by atoms with E-state index in [1.165, 1.54) is 18.5 Å². The van der Waals surface area contributed by atoms with Crippen molar-refractivity contribution in [2.75, 3.05) is 10.0 Å². The van der Waals surface area contributed by atoms with Crippen LogP contribution in [0.2, 0.25) is 0 Å². The minimum absolute atomic E-state index is 0.315. The summed E-state index contributed by atoms with van der Waals surface area (Å²) in [6.45, 7) is 1.70. The van der Waals surface area contributed by atoms with Gasteiger partial charge in [-0.2, -0.15) is 0 Å². The Kier molecular flexibility index (Phi) is 5.70. The van der Waals surface area contributed by atoms with Gasteiger partial charge in [-0.3, -0.25) is 4.72 Å². The van der Waals surface area contributed by atoms with Gasteiger partial charge in [0.05, 0.1) is 5.69 Å². The Balaban J connectivity index is 1.32. The Morgan fingerprint density at radius 3 is 2.43 bits per heavy atom. The molecule has 0 radical (unpaired) electrons. The molecule has 0 spiro atoms. The lowest BCUT2D eigenvalue weighted by Gasteiger charge is -2.11. The predicted octanol–water partition coefficient (Wildman–Crippen LogP) is 5.63. The molecule has 3 aromatic carbocycles. The maximum Gasteiger partial charge on any atom is 0.264 e. The van der Waals surface area contributed by atoms with E-state index in [1.54, 1.807) is 37.3 Å². The van der Waals surface area contributed by atoms with Gasteiger partial charge >= 0.3 is 0 Å². The first-order chi connectivity index (χ1) is 16.8. The van der Waals surface area contributed by atoms with Crippen molar-refractivity contribution >= 4 is 38.1 Å². The van der Waals surface area contributed by atoms with Crippen LogP contribution in [0.4, 0.5) is 21.6 Å². The van der Waals surface area contributed by atoms with Crippen LogP contribution in [0, 0.1) is 12.7 Å². The van der Waals surface area contributed by atoms with Gasteiger partial charge in [0, 0.05) is 47.2 Å². The molecule has 0 amide bonds. The van der Waals surface area contributed by atoms with Crippen LogP contribution in [0.3, 0.4) is 0 Å². The normalized spacial score (nSPS) is 11.5. The number of rotatable bonds is 6. The molecule has 5 aromatic rings. The highest BCUT2D eigenvalue weighted by atomic mass is 32.2. The molecule has 0 saturated heterocycles. The average molecular weight is 488 g/mol. The fourth-order valence-electron chi connectivity index (χ4n) is 3.83. The van der Waals surface area contributed by atoms with Crippen molar-refractivity contribution in [3.63, 3.8) is 0 Å². The topological polar surface area (TPSA) is 88.9 Å². The van der Waals surface area contributed by atoms with Crippen LogP contribution < -0.4 is 10.0 Å². The Morgan fingerprint density at radius 2 is 1.66 bits per heavy atom. The van der Waals surface area contributed by atoms with Gasteiger partial charge in [-0.05, 0) is 67.1 Å². The number of benzene rings is 3. The molecule has 2 heterocycles. The lowest BCUT2D eigenvalue weighted by atomic mass is 10.1. The highest BCUT2D eigenvalue weighted by Crippen LogP contribution is 2.26. The summed E-state index contributed by atoms with van der Waals surface area (Å²) in [5.41, 5.74) is 4.56. The first kappa shape index (κ1) is 22.5. The number of halogens is 1. The minimum Gasteiger partial charge on any atom is -0.351 e. The first-order valence-corrected chi connectivity index (χ1v) is 12.3. The molecule has 35 heavy (non-hydrogen) atoms. The molecule has 0 atom stereocenters. The molecule has 0 bridgehead atoms. The van der Waals surface area contributed by atoms with E-state index in [0.29, 0.717) is 22.8 Å². The second-order valence-corrected chi connectivity index (χ2v) is 9.88. The molecule has 0 unspecified atom stereocenters. The summed E-state index contributed by atoms with van der Waals surface area (Å²) in [6, 6.07) is 20.7. The number of hydrogen-bond donors (Lipinski definition) is 2. The van der Waals surface area contributed by atoms with E-state index in [2.05, 4.69) is 42.8 Å². The SMILES string of the molecule is Cc1ccc(S(=O)(=O)Nc2ccc(Nc3cc(-c4ccc5c(ccn5C)c4)ncn3)cc2)c(F)c1. The number of nitrogens with zero attached hydrogens (tertiary/aromatic N) is 3. The second kappa shape index (κ2) is 8.84. The number of aromatic nitrogens is 3. The molecule has 0 aliphatic carbocycles. The van der Waals surface area contributed by atoms with Crippen LogP contribution in [0.5, 0.6) is 0 Å². The number of anilines is 3. The van der Waals surface area contributed by atoms with Crippen molar-refractivity contribution in [2.45, 2.75) is 11.8 Å². The molecule has 5 rings (SSSR count). The fourth-order valence-corrected chi connectivity index (χ4v) is 4.95. The van der Waals surface area contributed by atoms with Crippen LogP contribution in [-0.4, -0.2) is 23.0 Å². The second-order valence-electron chi connectivity index (χ2n) is 8.23. The lowest BCUT2D eigenvalue weighted by Crippen LogP contribution is -2.14. The summed E-state index contributed by atoms with van der Waals surface area (Å²) in [4.78, 5) is 8.28. The predicted molar refractivity (Wildman–Crippen MR) is 136 cm³/mol. The smallest absolute Gasteiger partial charge is 0.264 e. The highest BCUT2D eigenvalue weighted by molar-refractivity contribution is 7.92. The molecule has 0 aliphatic rings. The van der Waals surface area contributed by atoms with Gasteiger partial charge in [-0.15, -0.1) is 0 Å². The first-order valence-electron chi connectivity index (χ1n) is 10.8. The third kappa shape index (κ3) is 4.71. The highest BCUT2D eigenvalue weighted by Gasteiger charge is 2.19. The molecule has 2 aromatic heterocycles. The Hall–Kier alpha value is -4.24. The monoisotopic (exact) mass is 487 g/mol. The summed E-state index contributed by atoms with van der Waals surface area (Å²) in [5.74, 6) is -0.194. The Bertz CT molecular complexity index is 1650. The molecule has 7 nitrogen and oxygen atoms in total. The molecule has 9 heteroatoms. The zero-order valence-corrected chi connectivity index (χ0v) is 19.8. The van der Waals surface area contributed by atoms with Crippen LogP contribution in [0.15, 0.2) is 90.2 Å². The van der Waals surface area contributed by atoms with Crippen molar-refractivity contribution in [1.29, 1.82) is 0 Å². The van der Waals surface area contributed by atoms with Gasteiger partial charge in [0.25, 0.3) is 10.0 Å². The lowest BCUT2D eigenvalue weighted by molar-refractivity contribution is 0.569. The zero-order valence-electron chi connectivity index (χ0n) is 19.0. The quantitative estimate of drug-likeness (QED) is 0.324. The minimum atomic E-state index is -4.05.